The van der Waals surface area contributed by atoms with E-state index in [9.17, 15) is 14.0 Å². The molecule has 0 aliphatic heterocycles. The lowest BCUT2D eigenvalue weighted by atomic mass is 10.2. The Labute approximate surface area is 174 Å². The fraction of sp³-hybridized carbons (Fsp3) is 0.0476. The second-order valence-corrected chi connectivity index (χ2v) is 6.70. The Morgan fingerprint density at radius 2 is 1.90 bits per heavy atom. The van der Waals surface area contributed by atoms with Gasteiger partial charge in [0.25, 0.3) is 11.4 Å². The third-order valence-corrected chi connectivity index (χ3v) is 4.56. The van der Waals surface area contributed by atoms with Gasteiger partial charge in [0.2, 0.25) is 11.7 Å². The van der Waals surface area contributed by atoms with E-state index >= 15 is 0 Å². The molecule has 0 aliphatic rings. The molecule has 9 heteroatoms. The van der Waals surface area contributed by atoms with Crippen LogP contribution in [-0.2, 0) is 11.3 Å². The average Bonchev–Trinajstić information content (AvgIpc) is 3.21. The first-order chi connectivity index (χ1) is 14.5. The molecule has 2 aromatic carbocycles. The molecule has 4 aromatic rings. The fourth-order valence-electron chi connectivity index (χ4n) is 2.84. The van der Waals surface area contributed by atoms with Crippen molar-refractivity contribution in [3.63, 3.8) is 0 Å². The molecule has 1 amide bonds. The van der Waals surface area contributed by atoms with Gasteiger partial charge in [-0.15, -0.1) is 0 Å². The number of pyridine rings is 1. The zero-order valence-corrected chi connectivity index (χ0v) is 16.1. The van der Waals surface area contributed by atoms with Crippen molar-refractivity contribution in [1.82, 2.24) is 14.7 Å². The number of para-hydroxylation sites is 1. The van der Waals surface area contributed by atoms with E-state index in [1.54, 1.807) is 36.4 Å². The number of nitrogens with one attached hydrogen (secondary N) is 1. The lowest BCUT2D eigenvalue weighted by molar-refractivity contribution is -0.116. The normalized spacial score (nSPS) is 10.7. The number of aromatic nitrogens is 3. The van der Waals surface area contributed by atoms with Crippen molar-refractivity contribution < 1.29 is 13.7 Å². The molecule has 150 valence electrons. The van der Waals surface area contributed by atoms with E-state index < -0.39 is 17.3 Å². The van der Waals surface area contributed by atoms with Crippen LogP contribution in [0.5, 0.6) is 0 Å². The van der Waals surface area contributed by atoms with Gasteiger partial charge in [-0.25, -0.2) is 4.39 Å². The van der Waals surface area contributed by atoms with E-state index in [1.165, 1.54) is 34.9 Å². The molecule has 0 bridgehead atoms. The minimum Gasteiger partial charge on any atom is -0.332 e. The maximum atomic E-state index is 13.5. The second-order valence-electron chi connectivity index (χ2n) is 6.30. The maximum Gasteiger partial charge on any atom is 0.274 e. The molecule has 0 saturated carbocycles. The van der Waals surface area contributed by atoms with Gasteiger partial charge in [-0.3, -0.25) is 14.2 Å². The van der Waals surface area contributed by atoms with Crippen molar-refractivity contribution in [2.75, 3.05) is 5.32 Å². The molecule has 1 N–H and O–H groups in total. The Kier molecular flexibility index (Phi) is 5.40. The minimum atomic E-state index is -0.456. The van der Waals surface area contributed by atoms with Crippen LogP contribution in [0.15, 0.2) is 76.0 Å². The van der Waals surface area contributed by atoms with Gasteiger partial charge in [-0.2, -0.15) is 4.98 Å². The number of hydrogen-bond acceptors (Lipinski definition) is 5. The topological polar surface area (TPSA) is 90.0 Å². The lowest BCUT2D eigenvalue weighted by Crippen LogP contribution is -2.28. The Balaban J connectivity index is 1.63. The van der Waals surface area contributed by atoms with E-state index in [2.05, 4.69) is 15.5 Å². The van der Waals surface area contributed by atoms with Gasteiger partial charge in [0.15, 0.2) is 0 Å². The standard InChI is InChI=1S/C21H14ClFN4O3/c22-15-7-1-2-8-16(15)24-18(28)12-27-17(9-4-10-19(27)29)21-25-20(26-30-21)13-5-3-6-14(23)11-13/h1-11H,12H2,(H,24,28). The summed E-state index contributed by atoms with van der Waals surface area (Å²) in [6.07, 6.45) is 0. The molecule has 0 radical (unpaired) electrons. The van der Waals surface area contributed by atoms with Gasteiger partial charge in [-0.1, -0.05) is 47.1 Å². The van der Waals surface area contributed by atoms with Gasteiger partial charge >= 0.3 is 0 Å². The molecule has 7 nitrogen and oxygen atoms in total. The number of amides is 1. The van der Waals surface area contributed by atoms with Crippen LogP contribution in [0.25, 0.3) is 23.0 Å². The molecule has 0 aliphatic carbocycles. The van der Waals surface area contributed by atoms with E-state index in [-0.39, 0.29) is 24.0 Å². The van der Waals surface area contributed by atoms with E-state index in [0.717, 1.165) is 0 Å². The summed E-state index contributed by atoms with van der Waals surface area (Å²) >= 11 is 6.06. The van der Waals surface area contributed by atoms with Crippen molar-refractivity contribution in [1.29, 1.82) is 0 Å². The zero-order chi connectivity index (χ0) is 21.1. The highest BCUT2D eigenvalue weighted by Crippen LogP contribution is 2.23. The minimum absolute atomic E-state index is 0.0255. The van der Waals surface area contributed by atoms with Crippen LogP contribution in [0.2, 0.25) is 5.02 Å². The molecule has 2 heterocycles. The summed E-state index contributed by atoms with van der Waals surface area (Å²) < 4.78 is 19.9. The number of halogens is 2. The fourth-order valence-corrected chi connectivity index (χ4v) is 3.02. The predicted octanol–water partition coefficient (Wildman–Crippen LogP) is 4.00. The molecular formula is C21H14ClFN4O3. The summed E-state index contributed by atoms with van der Waals surface area (Å²) in [5.41, 5.74) is 0.687. The van der Waals surface area contributed by atoms with Crippen LogP contribution in [-0.4, -0.2) is 20.6 Å². The Hall–Kier alpha value is -3.78. The summed E-state index contributed by atoms with van der Waals surface area (Å²) in [6, 6.07) is 16.9. The first-order valence-electron chi connectivity index (χ1n) is 8.85. The summed E-state index contributed by atoms with van der Waals surface area (Å²) in [5.74, 6) is -0.709. The van der Waals surface area contributed by atoms with Crippen LogP contribution >= 0.6 is 11.6 Å². The van der Waals surface area contributed by atoms with E-state index in [0.29, 0.717) is 16.3 Å². The van der Waals surface area contributed by atoms with Crippen LogP contribution in [0, 0.1) is 5.82 Å². The first-order valence-corrected chi connectivity index (χ1v) is 9.23. The molecule has 30 heavy (non-hydrogen) atoms. The smallest absolute Gasteiger partial charge is 0.274 e. The Morgan fingerprint density at radius 3 is 2.70 bits per heavy atom. The van der Waals surface area contributed by atoms with Crippen LogP contribution < -0.4 is 10.9 Å². The second kappa shape index (κ2) is 8.30. The largest absolute Gasteiger partial charge is 0.332 e. The molecular weight excluding hydrogens is 411 g/mol. The highest BCUT2D eigenvalue weighted by atomic mass is 35.5. The van der Waals surface area contributed by atoms with E-state index in [4.69, 9.17) is 16.1 Å². The van der Waals surface area contributed by atoms with Crippen molar-refractivity contribution in [3.8, 4) is 23.0 Å². The SMILES string of the molecule is O=C(Cn1c(-c2nc(-c3cccc(F)c3)no2)cccc1=O)Nc1ccccc1Cl. The summed E-state index contributed by atoms with van der Waals surface area (Å²) in [7, 11) is 0. The summed E-state index contributed by atoms with van der Waals surface area (Å²) in [4.78, 5) is 29.1. The van der Waals surface area contributed by atoms with Gasteiger partial charge in [-0.05, 0) is 30.3 Å². The average molecular weight is 425 g/mol. The number of hydrogen-bond donors (Lipinski definition) is 1. The molecule has 0 atom stereocenters. The summed E-state index contributed by atoms with van der Waals surface area (Å²) in [5, 5.41) is 6.89. The van der Waals surface area contributed by atoms with Crippen molar-refractivity contribution >= 4 is 23.2 Å². The zero-order valence-electron chi connectivity index (χ0n) is 15.4. The molecule has 0 fully saturated rings. The summed E-state index contributed by atoms with van der Waals surface area (Å²) in [6.45, 7) is -0.294. The van der Waals surface area contributed by atoms with Crippen molar-refractivity contribution in [3.05, 3.63) is 87.9 Å². The number of carbonyl (C=O) groups is 1. The van der Waals surface area contributed by atoms with Crippen molar-refractivity contribution in [2.24, 2.45) is 0 Å². The van der Waals surface area contributed by atoms with Gasteiger partial charge in [0.05, 0.1) is 10.7 Å². The van der Waals surface area contributed by atoms with Crippen molar-refractivity contribution in [2.45, 2.75) is 6.54 Å². The van der Waals surface area contributed by atoms with Crippen LogP contribution in [0.4, 0.5) is 10.1 Å². The molecule has 0 saturated heterocycles. The lowest BCUT2D eigenvalue weighted by Gasteiger charge is -2.11. The van der Waals surface area contributed by atoms with Gasteiger partial charge in [0, 0.05) is 11.6 Å². The number of carbonyl (C=O) groups excluding carboxylic acids is 1. The number of benzene rings is 2. The van der Waals surface area contributed by atoms with E-state index in [1.807, 2.05) is 0 Å². The molecule has 2 aromatic heterocycles. The Morgan fingerprint density at radius 1 is 1.10 bits per heavy atom. The third kappa shape index (κ3) is 4.13. The number of nitrogens with zero attached hydrogens (tertiary/aromatic N) is 3. The number of anilines is 1. The third-order valence-electron chi connectivity index (χ3n) is 4.23. The molecule has 0 spiro atoms. The van der Waals surface area contributed by atoms with Crippen LogP contribution in [0.3, 0.4) is 0 Å². The Bertz CT molecular complexity index is 1280. The monoisotopic (exact) mass is 424 g/mol. The van der Waals surface area contributed by atoms with Gasteiger partial charge in [0.1, 0.15) is 18.1 Å². The molecule has 0 unspecified atom stereocenters. The highest BCUT2D eigenvalue weighted by molar-refractivity contribution is 6.33. The van der Waals surface area contributed by atoms with Crippen LogP contribution in [0.1, 0.15) is 0 Å². The number of rotatable bonds is 5. The molecule has 4 rings (SSSR count). The van der Waals surface area contributed by atoms with Gasteiger partial charge < -0.3 is 9.84 Å². The predicted molar refractivity (Wildman–Crippen MR) is 109 cm³/mol. The quantitative estimate of drug-likeness (QED) is 0.523. The highest BCUT2D eigenvalue weighted by Gasteiger charge is 2.17. The first kappa shape index (κ1) is 19.5. The maximum absolute atomic E-state index is 13.5.